The van der Waals surface area contributed by atoms with Crippen molar-refractivity contribution in [3.05, 3.63) is 62.5 Å². The zero-order valence-electron chi connectivity index (χ0n) is 11.1. The van der Waals surface area contributed by atoms with E-state index in [-0.39, 0.29) is 0 Å². The van der Waals surface area contributed by atoms with Gasteiger partial charge in [-0.2, -0.15) is 0 Å². The lowest BCUT2D eigenvalue weighted by atomic mass is 10.1. The Kier molecular flexibility index (Phi) is 5.51. The molecule has 0 amide bonds. The van der Waals surface area contributed by atoms with Crippen molar-refractivity contribution in [2.45, 2.75) is 6.04 Å². The molecule has 0 heterocycles. The van der Waals surface area contributed by atoms with Crippen LogP contribution in [-0.4, -0.2) is 13.1 Å². The molecule has 110 valence electrons. The average Bonchev–Trinajstić information content (AvgIpc) is 2.48. The van der Waals surface area contributed by atoms with Gasteiger partial charge in [0.2, 0.25) is 0 Å². The van der Waals surface area contributed by atoms with Crippen LogP contribution in [0.4, 0.5) is 5.69 Å². The van der Waals surface area contributed by atoms with Gasteiger partial charge < -0.3 is 10.1 Å². The van der Waals surface area contributed by atoms with E-state index in [1.54, 1.807) is 30.3 Å². The number of rotatable bonds is 4. The van der Waals surface area contributed by atoms with E-state index < -0.39 is 12.0 Å². The number of nitrogens with one attached hydrogen (secondary N) is 1. The summed E-state index contributed by atoms with van der Waals surface area (Å²) in [5.41, 5.74) is 1.24. The highest BCUT2D eigenvalue weighted by atomic mass is 79.9. The fraction of sp³-hybridized carbons (Fsp3) is 0.133. The van der Waals surface area contributed by atoms with Crippen LogP contribution in [0.1, 0.15) is 11.6 Å². The first-order chi connectivity index (χ1) is 10.0. The SMILES string of the molecule is COC(=O)C(Nc1ccccc1Cl)c1cc(Br)ccc1Cl. The van der Waals surface area contributed by atoms with Gasteiger partial charge in [-0.25, -0.2) is 4.79 Å². The van der Waals surface area contributed by atoms with Gasteiger partial charge in [0, 0.05) is 15.1 Å². The van der Waals surface area contributed by atoms with Gasteiger partial charge >= 0.3 is 5.97 Å². The Hall–Kier alpha value is -1.23. The summed E-state index contributed by atoms with van der Waals surface area (Å²) in [5.74, 6) is -0.449. The maximum atomic E-state index is 12.1. The number of halogens is 3. The third-order valence-electron chi connectivity index (χ3n) is 2.88. The van der Waals surface area contributed by atoms with Crippen LogP contribution < -0.4 is 5.32 Å². The number of anilines is 1. The second-order valence-corrected chi connectivity index (χ2v) is 5.98. The number of para-hydroxylation sites is 1. The minimum atomic E-state index is -0.750. The summed E-state index contributed by atoms with van der Waals surface area (Å²) in [6.45, 7) is 0. The van der Waals surface area contributed by atoms with Crippen LogP contribution in [0.25, 0.3) is 0 Å². The van der Waals surface area contributed by atoms with Crippen molar-refractivity contribution in [1.29, 1.82) is 0 Å². The van der Waals surface area contributed by atoms with Gasteiger partial charge in [-0.15, -0.1) is 0 Å². The highest BCUT2D eigenvalue weighted by molar-refractivity contribution is 9.10. The van der Waals surface area contributed by atoms with E-state index in [2.05, 4.69) is 21.2 Å². The highest BCUT2D eigenvalue weighted by Gasteiger charge is 2.24. The van der Waals surface area contributed by atoms with Crippen LogP contribution in [0.15, 0.2) is 46.9 Å². The topological polar surface area (TPSA) is 38.3 Å². The van der Waals surface area contributed by atoms with E-state index in [9.17, 15) is 4.79 Å². The van der Waals surface area contributed by atoms with Gasteiger partial charge in [-0.3, -0.25) is 0 Å². The van der Waals surface area contributed by atoms with Gasteiger partial charge in [0.15, 0.2) is 6.04 Å². The Balaban J connectivity index is 2.42. The third-order valence-corrected chi connectivity index (χ3v) is 4.05. The molecular weight excluding hydrogens is 377 g/mol. The number of carbonyl (C=O) groups is 1. The van der Waals surface area contributed by atoms with Crippen molar-refractivity contribution in [2.24, 2.45) is 0 Å². The Bertz CT molecular complexity index is 664. The number of carbonyl (C=O) groups excluding carboxylic acids is 1. The molecular formula is C15H12BrCl2NO2. The van der Waals surface area contributed by atoms with Crippen molar-refractivity contribution in [1.82, 2.24) is 0 Å². The molecule has 6 heteroatoms. The molecule has 0 saturated carbocycles. The Labute approximate surface area is 141 Å². The predicted molar refractivity (Wildman–Crippen MR) is 89.0 cm³/mol. The number of methoxy groups -OCH3 is 1. The molecule has 0 aromatic heterocycles. The Morgan fingerprint density at radius 2 is 1.90 bits per heavy atom. The number of benzene rings is 2. The van der Waals surface area contributed by atoms with Gasteiger partial charge in [0.05, 0.1) is 17.8 Å². The van der Waals surface area contributed by atoms with Crippen LogP contribution in [0.3, 0.4) is 0 Å². The number of esters is 1. The summed E-state index contributed by atoms with van der Waals surface area (Å²) in [6, 6.07) is 11.7. The van der Waals surface area contributed by atoms with Gasteiger partial charge in [-0.05, 0) is 30.3 Å². The summed E-state index contributed by atoms with van der Waals surface area (Å²) >= 11 is 15.7. The van der Waals surface area contributed by atoms with Gasteiger partial charge in [0.1, 0.15) is 0 Å². The van der Waals surface area contributed by atoms with E-state index in [0.717, 1.165) is 4.47 Å². The molecule has 0 bridgehead atoms. The highest BCUT2D eigenvalue weighted by Crippen LogP contribution is 2.32. The number of hydrogen-bond donors (Lipinski definition) is 1. The van der Waals surface area contributed by atoms with E-state index in [1.807, 2.05) is 12.1 Å². The number of hydrogen-bond acceptors (Lipinski definition) is 3. The van der Waals surface area contributed by atoms with Crippen LogP contribution in [0.2, 0.25) is 10.0 Å². The summed E-state index contributed by atoms with van der Waals surface area (Å²) in [4.78, 5) is 12.1. The van der Waals surface area contributed by atoms with Gasteiger partial charge in [0.25, 0.3) is 0 Å². The van der Waals surface area contributed by atoms with Crippen LogP contribution in [0.5, 0.6) is 0 Å². The monoisotopic (exact) mass is 387 g/mol. The zero-order chi connectivity index (χ0) is 15.4. The predicted octanol–water partition coefficient (Wildman–Crippen LogP) is 5.08. The summed E-state index contributed by atoms with van der Waals surface area (Å²) < 4.78 is 5.67. The molecule has 0 aliphatic carbocycles. The molecule has 2 rings (SSSR count). The lowest BCUT2D eigenvalue weighted by molar-refractivity contribution is -0.141. The fourth-order valence-corrected chi connectivity index (χ4v) is 2.65. The van der Waals surface area contributed by atoms with Crippen LogP contribution in [-0.2, 0) is 9.53 Å². The van der Waals surface area contributed by atoms with Gasteiger partial charge in [-0.1, -0.05) is 51.3 Å². The second-order valence-electron chi connectivity index (χ2n) is 4.25. The Morgan fingerprint density at radius 1 is 1.19 bits per heavy atom. The second kappa shape index (κ2) is 7.16. The molecule has 2 aromatic rings. The maximum Gasteiger partial charge on any atom is 0.333 e. The summed E-state index contributed by atoms with van der Waals surface area (Å²) in [7, 11) is 1.33. The lowest BCUT2D eigenvalue weighted by Crippen LogP contribution is -2.22. The molecule has 1 unspecified atom stereocenters. The fourth-order valence-electron chi connectivity index (χ4n) is 1.85. The summed E-state index contributed by atoms with van der Waals surface area (Å²) in [5, 5.41) is 4.05. The molecule has 0 saturated heterocycles. The molecule has 0 aliphatic heterocycles. The van der Waals surface area contributed by atoms with Crippen molar-refractivity contribution >= 4 is 50.8 Å². The maximum absolute atomic E-state index is 12.1. The zero-order valence-corrected chi connectivity index (χ0v) is 14.2. The largest absolute Gasteiger partial charge is 0.467 e. The normalized spacial score (nSPS) is 11.8. The molecule has 1 atom stereocenters. The van der Waals surface area contributed by atoms with Crippen LogP contribution in [0, 0.1) is 0 Å². The van der Waals surface area contributed by atoms with Crippen molar-refractivity contribution in [3.8, 4) is 0 Å². The molecule has 3 nitrogen and oxygen atoms in total. The van der Waals surface area contributed by atoms with E-state index >= 15 is 0 Å². The molecule has 2 aromatic carbocycles. The van der Waals surface area contributed by atoms with Crippen molar-refractivity contribution < 1.29 is 9.53 Å². The minimum Gasteiger partial charge on any atom is -0.467 e. The van der Waals surface area contributed by atoms with E-state index in [4.69, 9.17) is 27.9 Å². The van der Waals surface area contributed by atoms with Crippen molar-refractivity contribution in [3.63, 3.8) is 0 Å². The standard InChI is InChI=1S/C15H12BrCl2NO2/c1-21-15(20)14(10-8-9(16)6-7-11(10)17)19-13-5-3-2-4-12(13)18/h2-8,14,19H,1H3. The third kappa shape index (κ3) is 3.90. The molecule has 1 N–H and O–H groups in total. The average molecular weight is 389 g/mol. The first-order valence-electron chi connectivity index (χ1n) is 6.06. The molecule has 21 heavy (non-hydrogen) atoms. The first-order valence-corrected chi connectivity index (χ1v) is 7.61. The minimum absolute atomic E-state index is 0.449. The van der Waals surface area contributed by atoms with E-state index in [1.165, 1.54) is 7.11 Å². The smallest absolute Gasteiger partial charge is 0.333 e. The van der Waals surface area contributed by atoms with Crippen LogP contribution >= 0.6 is 39.1 Å². The lowest BCUT2D eigenvalue weighted by Gasteiger charge is -2.20. The van der Waals surface area contributed by atoms with Crippen molar-refractivity contribution in [2.75, 3.05) is 12.4 Å². The molecule has 0 radical (unpaired) electrons. The number of ether oxygens (including phenoxy) is 1. The molecule has 0 aliphatic rings. The quantitative estimate of drug-likeness (QED) is 0.742. The first kappa shape index (κ1) is 16.1. The summed E-state index contributed by atoms with van der Waals surface area (Å²) in [6.07, 6.45) is 0. The molecule has 0 fully saturated rings. The van der Waals surface area contributed by atoms with E-state index in [0.29, 0.717) is 21.3 Å². The Morgan fingerprint density at radius 3 is 2.57 bits per heavy atom. The molecule has 0 spiro atoms.